The number of aromatic nitrogens is 2. The van der Waals surface area contributed by atoms with Gasteiger partial charge in [-0.15, -0.1) is 11.3 Å². The summed E-state index contributed by atoms with van der Waals surface area (Å²) in [6, 6.07) is 15.8. The number of nitrogens with zero attached hydrogens (tertiary/aromatic N) is 2. The topological polar surface area (TPSA) is 34.9 Å². The lowest BCUT2D eigenvalue weighted by Crippen LogP contribution is -2.21. The molecule has 5 heteroatoms. The predicted molar refractivity (Wildman–Crippen MR) is 109 cm³/mol. The molecule has 3 nitrogen and oxygen atoms in total. The van der Waals surface area contributed by atoms with E-state index in [0.717, 1.165) is 26.4 Å². The van der Waals surface area contributed by atoms with Crippen molar-refractivity contribution in [3.05, 3.63) is 86.2 Å². The highest BCUT2D eigenvalue weighted by Gasteiger charge is 2.17. The highest BCUT2D eigenvalue weighted by atomic mass is 35.5. The van der Waals surface area contributed by atoms with Crippen LogP contribution in [0.25, 0.3) is 21.3 Å². The minimum atomic E-state index is -0.00851. The summed E-state index contributed by atoms with van der Waals surface area (Å²) < 4.78 is 1.68. The molecule has 0 saturated carbocycles. The Hall–Kier alpha value is -2.43. The molecule has 2 aromatic heterocycles. The molecule has 2 heterocycles. The van der Waals surface area contributed by atoms with Crippen molar-refractivity contribution in [3.8, 4) is 11.1 Å². The average molecular weight is 381 g/mol. The van der Waals surface area contributed by atoms with Crippen LogP contribution < -0.4 is 5.56 Å². The van der Waals surface area contributed by atoms with Gasteiger partial charge < -0.3 is 0 Å². The summed E-state index contributed by atoms with van der Waals surface area (Å²) in [5.74, 6) is 0. The Morgan fingerprint density at radius 2 is 1.88 bits per heavy atom. The van der Waals surface area contributed by atoms with E-state index in [4.69, 9.17) is 11.6 Å². The van der Waals surface area contributed by atoms with Gasteiger partial charge in [-0.2, -0.15) is 0 Å². The zero-order valence-corrected chi connectivity index (χ0v) is 16.1. The molecule has 0 fully saturated rings. The summed E-state index contributed by atoms with van der Waals surface area (Å²) in [5.41, 5.74) is 4.21. The van der Waals surface area contributed by atoms with Crippen molar-refractivity contribution in [3.63, 3.8) is 0 Å². The number of hydrogen-bond donors (Lipinski definition) is 0. The van der Waals surface area contributed by atoms with Crippen LogP contribution >= 0.6 is 22.9 Å². The van der Waals surface area contributed by atoms with E-state index in [0.29, 0.717) is 17.0 Å². The fourth-order valence-electron chi connectivity index (χ4n) is 3.22. The SMILES string of the molecule is Cc1cccc(Cn2cnc3sc(C)c(-c4ccc(Cl)cc4)c3c2=O)c1. The molecule has 0 amide bonds. The zero-order valence-electron chi connectivity index (χ0n) is 14.5. The number of benzene rings is 2. The minimum absolute atomic E-state index is 0.00851. The number of fused-ring (bicyclic) bond motifs is 1. The molecule has 2 aromatic carbocycles. The molecule has 0 N–H and O–H groups in total. The summed E-state index contributed by atoms with van der Waals surface area (Å²) in [6.07, 6.45) is 1.65. The van der Waals surface area contributed by atoms with Gasteiger partial charge in [-0.3, -0.25) is 9.36 Å². The molecule has 0 saturated heterocycles. The van der Waals surface area contributed by atoms with Crippen molar-refractivity contribution >= 4 is 33.2 Å². The van der Waals surface area contributed by atoms with E-state index in [1.807, 2.05) is 43.3 Å². The maximum Gasteiger partial charge on any atom is 0.263 e. The Kier molecular flexibility index (Phi) is 4.39. The summed E-state index contributed by atoms with van der Waals surface area (Å²) in [5, 5.41) is 1.37. The maximum atomic E-state index is 13.2. The molecule has 0 bridgehead atoms. The zero-order chi connectivity index (χ0) is 18.3. The molecular formula is C21H17ClN2OS. The number of rotatable bonds is 3. The van der Waals surface area contributed by atoms with Crippen LogP contribution in [0.15, 0.2) is 59.7 Å². The normalized spacial score (nSPS) is 11.2. The van der Waals surface area contributed by atoms with Gasteiger partial charge in [0.1, 0.15) is 4.83 Å². The van der Waals surface area contributed by atoms with E-state index in [1.54, 1.807) is 22.2 Å². The number of thiophene rings is 1. The molecule has 0 atom stereocenters. The molecule has 130 valence electrons. The Labute approximate surface area is 160 Å². The third-order valence-electron chi connectivity index (χ3n) is 4.42. The van der Waals surface area contributed by atoms with Crippen molar-refractivity contribution in [1.82, 2.24) is 9.55 Å². The summed E-state index contributed by atoms with van der Waals surface area (Å²) >= 11 is 7.57. The van der Waals surface area contributed by atoms with Gasteiger partial charge in [0.2, 0.25) is 0 Å². The predicted octanol–water partition coefficient (Wildman–Crippen LogP) is 5.44. The highest BCUT2D eigenvalue weighted by molar-refractivity contribution is 7.19. The summed E-state index contributed by atoms with van der Waals surface area (Å²) in [4.78, 5) is 19.6. The van der Waals surface area contributed by atoms with Gasteiger partial charge in [-0.25, -0.2) is 4.98 Å². The van der Waals surface area contributed by atoms with Crippen molar-refractivity contribution in [1.29, 1.82) is 0 Å². The van der Waals surface area contributed by atoms with Crippen LogP contribution in [-0.4, -0.2) is 9.55 Å². The van der Waals surface area contributed by atoms with E-state index in [1.165, 1.54) is 5.56 Å². The van der Waals surface area contributed by atoms with Crippen molar-refractivity contribution in [2.24, 2.45) is 0 Å². The van der Waals surface area contributed by atoms with E-state index < -0.39 is 0 Å². The first kappa shape index (κ1) is 17.0. The molecule has 4 aromatic rings. The molecular weight excluding hydrogens is 364 g/mol. The maximum absolute atomic E-state index is 13.2. The largest absolute Gasteiger partial charge is 0.294 e. The molecule has 0 aliphatic heterocycles. The van der Waals surface area contributed by atoms with Crippen molar-refractivity contribution < 1.29 is 0 Å². The Balaban J connectivity index is 1.88. The number of hydrogen-bond acceptors (Lipinski definition) is 3. The average Bonchev–Trinajstić information content (AvgIpc) is 2.95. The van der Waals surface area contributed by atoms with Crippen LogP contribution in [0, 0.1) is 13.8 Å². The third kappa shape index (κ3) is 3.06. The van der Waals surface area contributed by atoms with E-state index in [-0.39, 0.29) is 5.56 Å². The van der Waals surface area contributed by atoms with Crippen LogP contribution in [0.3, 0.4) is 0 Å². The lowest BCUT2D eigenvalue weighted by molar-refractivity contribution is 0.749. The molecule has 0 unspecified atom stereocenters. The van der Waals surface area contributed by atoms with Gasteiger partial charge in [0.25, 0.3) is 5.56 Å². The second-order valence-electron chi connectivity index (χ2n) is 6.39. The van der Waals surface area contributed by atoms with E-state index in [2.05, 4.69) is 24.0 Å². The van der Waals surface area contributed by atoms with Gasteiger partial charge in [0.05, 0.1) is 18.3 Å². The van der Waals surface area contributed by atoms with Gasteiger partial charge in [-0.05, 0) is 37.1 Å². The van der Waals surface area contributed by atoms with Crippen LogP contribution in [0.1, 0.15) is 16.0 Å². The van der Waals surface area contributed by atoms with Crippen LogP contribution in [0.4, 0.5) is 0 Å². The standard InChI is InChI=1S/C21H17ClN2OS/c1-13-4-3-5-15(10-13)11-24-12-23-20-19(21(24)25)18(14(2)26-20)16-6-8-17(22)9-7-16/h3-10,12H,11H2,1-2H3. The van der Waals surface area contributed by atoms with Crippen LogP contribution in [-0.2, 0) is 6.54 Å². The third-order valence-corrected chi connectivity index (χ3v) is 5.69. The number of halogens is 1. The minimum Gasteiger partial charge on any atom is -0.294 e. The second-order valence-corrected chi connectivity index (χ2v) is 8.03. The van der Waals surface area contributed by atoms with Gasteiger partial charge >= 0.3 is 0 Å². The van der Waals surface area contributed by atoms with Gasteiger partial charge in [-0.1, -0.05) is 53.6 Å². The van der Waals surface area contributed by atoms with E-state index in [9.17, 15) is 4.79 Å². The molecule has 0 aliphatic carbocycles. The monoisotopic (exact) mass is 380 g/mol. The van der Waals surface area contributed by atoms with Gasteiger partial charge in [0, 0.05) is 15.5 Å². The summed E-state index contributed by atoms with van der Waals surface area (Å²) in [7, 11) is 0. The number of aryl methyl sites for hydroxylation is 2. The lowest BCUT2D eigenvalue weighted by Gasteiger charge is -2.07. The quantitative estimate of drug-likeness (QED) is 0.474. The van der Waals surface area contributed by atoms with E-state index >= 15 is 0 Å². The molecule has 26 heavy (non-hydrogen) atoms. The Bertz CT molecular complexity index is 1160. The fourth-order valence-corrected chi connectivity index (χ4v) is 4.35. The smallest absolute Gasteiger partial charge is 0.263 e. The lowest BCUT2D eigenvalue weighted by atomic mass is 10.0. The first-order valence-electron chi connectivity index (χ1n) is 8.33. The Morgan fingerprint density at radius 1 is 1.12 bits per heavy atom. The molecule has 0 spiro atoms. The van der Waals surface area contributed by atoms with Crippen molar-refractivity contribution in [2.45, 2.75) is 20.4 Å². The summed E-state index contributed by atoms with van der Waals surface area (Å²) in [6.45, 7) is 4.59. The molecule has 0 aliphatic rings. The first-order valence-corrected chi connectivity index (χ1v) is 9.52. The van der Waals surface area contributed by atoms with Crippen LogP contribution in [0.2, 0.25) is 5.02 Å². The Morgan fingerprint density at radius 3 is 2.62 bits per heavy atom. The first-order chi connectivity index (χ1) is 12.5. The molecule has 4 rings (SSSR count). The van der Waals surface area contributed by atoms with Crippen molar-refractivity contribution in [2.75, 3.05) is 0 Å². The van der Waals surface area contributed by atoms with Gasteiger partial charge in [0.15, 0.2) is 0 Å². The van der Waals surface area contributed by atoms with Crippen LogP contribution in [0.5, 0.6) is 0 Å². The second kappa shape index (κ2) is 6.71. The highest BCUT2D eigenvalue weighted by Crippen LogP contribution is 2.35. The molecule has 0 radical (unpaired) electrons. The fraction of sp³-hybridized carbons (Fsp3) is 0.143.